The van der Waals surface area contributed by atoms with Crippen LogP contribution in [0.2, 0.25) is 0 Å². The highest BCUT2D eigenvalue weighted by Crippen LogP contribution is 2.23. The van der Waals surface area contributed by atoms with E-state index in [0.29, 0.717) is 12.2 Å². The van der Waals surface area contributed by atoms with Crippen LogP contribution in [0.3, 0.4) is 0 Å². The van der Waals surface area contributed by atoms with Crippen molar-refractivity contribution < 1.29 is 5.11 Å². The minimum absolute atomic E-state index is 0.458. The maximum Gasteiger partial charge on any atom is 0.0934 e. The van der Waals surface area contributed by atoms with Gasteiger partial charge in [-0.1, -0.05) is 6.92 Å². The average Bonchev–Trinajstić information content (AvgIpc) is 2.30. The summed E-state index contributed by atoms with van der Waals surface area (Å²) in [5.74, 6) is 0.458. The molecule has 1 N–H and O–H groups in total. The number of aryl methyl sites for hydroxylation is 2. The van der Waals surface area contributed by atoms with Crippen molar-refractivity contribution in [2.75, 3.05) is 0 Å². The van der Waals surface area contributed by atoms with Gasteiger partial charge in [0.05, 0.1) is 5.76 Å². The number of aliphatic hydroxyl groups is 1. The van der Waals surface area contributed by atoms with Crippen molar-refractivity contribution in [2.24, 2.45) is 0 Å². The summed E-state index contributed by atoms with van der Waals surface area (Å²) in [4.78, 5) is 2.47. The van der Waals surface area contributed by atoms with Crippen LogP contribution in [0.1, 0.15) is 28.7 Å². The van der Waals surface area contributed by atoms with E-state index < -0.39 is 0 Å². The molecule has 1 aromatic rings. The second-order valence-electron chi connectivity index (χ2n) is 2.89. The standard InChI is InChI=1S/C10H14OS/c1-4-9(11)6-10-7(2)5-8(3)12-10/h5-6,11H,4H2,1-3H3/b9-6+. The normalized spacial score (nSPS) is 12.1. The lowest BCUT2D eigenvalue weighted by Crippen LogP contribution is -1.76. The lowest BCUT2D eigenvalue weighted by atomic mass is 10.2. The summed E-state index contributed by atoms with van der Waals surface area (Å²) >= 11 is 1.72. The Hall–Kier alpha value is -0.760. The number of hydrogen-bond acceptors (Lipinski definition) is 2. The molecule has 1 nitrogen and oxygen atoms in total. The van der Waals surface area contributed by atoms with E-state index in [0.717, 1.165) is 0 Å². The van der Waals surface area contributed by atoms with Crippen LogP contribution in [-0.4, -0.2) is 5.11 Å². The zero-order chi connectivity index (χ0) is 9.14. The average molecular weight is 182 g/mol. The molecule has 0 aliphatic carbocycles. The Bertz CT molecular complexity index is 297. The van der Waals surface area contributed by atoms with Gasteiger partial charge in [-0.25, -0.2) is 0 Å². The molecule has 0 aliphatic rings. The highest BCUT2D eigenvalue weighted by atomic mass is 32.1. The third-order valence-corrected chi connectivity index (χ3v) is 2.84. The summed E-state index contributed by atoms with van der Waals surface area (Å²) in [6, 6.07) is 2.14. The summed E-state index contributed by atoms with van der Waals surface area (Å²) in [7, 11) is 0. The molecule has 2 heteroatoms. The summed E-state index contributed by atoms with van der Waals surface area (Å²) in [6.45, 7) is 6.10. The Balaban J connectivity index is 2.95. The first kappa shape index (κ1) is 9.33. The van der Waals surface area contributed by atoms with Crippen LogP contribution in [0, 0.1) is 13.8 Å². The lowest BCUT2D eigenvalue weighted by molar-refractivity contribution is 0.400. The van der Waals surface area contributed by atoms with E-state index in [1.54, 1.807) is 11.3 Å². The molecule has 1 rings (SSSR count). The molecular formula is C10H14OS. The van der Waals surface area contributed by atoms with Crippen molar-refractivity contribution in [1.82, 2.24) is 0 Å². The fraction of sp³-hybridized carbons (Fsp3) is 0.400. The maximum absolute atomic E-state index is 9.31. The van der Waals surface area contributed by atoms with E-state index in [1.165, 1.54) is 15.3 Å². The van der Waals surface area contributed by atoms with Gasteiger partial charge in [0.15, 0.2) is 0 Å². The van der Waals surface area contributed by atoms with Crippen LogP contribution < -0.4 is 0 Å². The minimum Gasteiger partial charge on any atom is -0.512 e. The van der Waals surface area contributed by atoms with E-state index >= 15 is 0 Å². The van der Waals surface area contributed by atoms with Gasteiger partial charge in [0.2, 0.25) is 0 Å². The first-order valence-corrected chi connectivity index (χ1v) is 4.91. The van der Waals surface area contributed by atoms with Crippen LogP contribution in [0.25, 0.3) is 6.08 Å². The van der Waals surface area contributed by atoms with Gasteiger partial charge in [-0.2, -0.15) is 0 Å². The number of aliphatic hydroxyl groups excluding tert-OH is 1. The number of thiophene rings is 1. The predicted octanol–water partition coefficient (Wildman–Crippen LogP) is 3.67. The van der Waals surface area contributed by atoms with Crippen molar-refractivity contribution >= 4 is 17.4 Å². The van der Waals surface area contributed by atoms with Crippen molar-refractivity contribution in [3.8, 4) is 0 Å². The third kappa shape index (κ3) is 2.11. The largest absolute Gasteiger partial charge is 0.512 e. The molecule has 12 heavy (non-hydrogen) atoms. The van der Waals surface area contributed by atoms with Gasteiger partial charge in [0.1, 0.15) is 0 Å². The molecule has 1 aromatic heterocycles. The van der Waals surface area contributed by atoms with Gasteiger partial charge in [-0.3, -0.25) is 0 Å². The van der Waals surface area contributed by atoms with Crippen molar-refractivity contribution in [3.05, 3.63) is 27.1 Å². The SMILES string of the molecule is CC/C(O)=C\c1sc(C)cc1C. The molecule has 0 bridgehead atoms. The molecule has 66 valence electrons. The Kier molecular flexibility index (Phi) is 2.93. The Morgan fingerprint density at radius 3 is 2.67 bits per heavy atom. The zero-order valence-electron chi connectivity index (χ0n) is 7.72. The molecule has 0 saturated heterocycles. The quantitative estimate of drug-likeness (QED) is 0.692. The molecule has 0 saturated carbocycles. The van der Waals surface area contributed by atoms with Gasteiger partial charge in [0.25, 0.3) is 0 Å². The highest BCUT2D eigenvalue weighted by Gasteiger charge is 2.00. The molecule has 0 aliphatic heterocycles. The molecule has 1 heterocycles. The maximum atomic E-state index is 9.31. The van der Waals surface area contributed by atoms with Crippen LogP contribution in [0.4, 0.5) is 0 Å². The summed E-state index contributed by atoms with van der Waals surface area (Å²) in [6.07, 6.45) is 2.56. The van der Waals surface area contributed by atoms with Crippen molar-refractivity contribution in [2.45, 2.75) is 27.2 Å². The van der Waals surface area contributed by atoms with E-state index in [4.69, 9.17) is 0 Å². The smallest absolute Gasteiger partial charge is 0.0934 e. The monoisotopic (exact) mass is 182 g/mol. The van der Waals surface area contributed by atoms with Gasteiger partial charge in [-0.15, -0.1) is 11.3 Å². The van der Waals surface area contributed by atoms with Gasteiger partial charge in [-0.05, 0) is 31.6 Å². The van der Waals surface area contributed by atoms with E-state index in [-0.39, 0.29) is 0 Å². The second-order valence-corrected chi connectivity index (χ2v) is 4.18. The topological polar surface area (TPSA) is 20.2 Å². The first-order valence-electron chi connectivity index (χ1n) is 4.10. The third-order valence-electron chi connectivity index (χ3n) is 1.74. The second kappa shape index (κ2) is 3.76. The molecule has 0 atom stereocenters. The summed E-state index contributed by atoms with van der Waals surface area (Å²) in [5.41, 5.74) is 1.25. The fourth-order valence-electron chi connectivity index (χ4n) is 1.06. The van der Waals surface area contributed by atoms with Crippen molar-refractivity contribution in [3.63, 3.8) is 0 Å². The zero-order valence-corrected chi connectivity index (χ0v) is 8.53. The summed E-state index contributed by atoms with van der Waals surface area (Å²) in [5, 5.41) is 9.31. The fourth-order valence-corrected chi connectivity index (χ4v) is 2.05. The molecule has 0 spiro atoms. The van der Waals surface area contributed by atoms with Crippen LogP contribution in [-0.2, 0) is 0 Å². The minimum atomic E-state index is 0.458. The highest BCUT2D eigenvalue weighted by molar-refractivity contribution is 7.13. The summed E-state index contributed by atoms with van der Waals surface area (Å²) < 4.78 is 0. The van der Waals surface area contributed by atoms with Gasteiger partial charge in [0, 0.05) is 16.2 Å². The lowest BCUT2D eigenvalue weighted by Gasteiger charge is -1.93. The Morgan fingerprint density at radius 1 is 1.58 bits per heavy atom. The number of allylic oxidation sites excluding steroid dienone is 1. The number of hydrogen-bond donors (Lipinski definition) is 1. The Morgan fingerprint density at radius 2 is 2.25 bits per heavy atom. The molecule has 0 fully saturated rings. The van der Waals surface area contributed by atoms with Crippen LogP contribution in [0.15, 0.2) is 11.8 Å². The molecule has 0 amide bonds. The van der Waals surface area contributed by atoms with Crippen LogP contribution >= 0.6 is 11.3 Å². The van der Waals surface area contributed by atoms with Gasteiger partial charge >= 0.3 is 0 Å². The molecule has 0 aromatic carbocycles. The van der Waals surface area contributed by atoms with E-state index in [9.17, 15) is 5.11 Å². The number of rotatable bonds is 2. The van der Waals surface area contributed by atoms with Crippen LogP contribution in [0.5, 0.6) is 0 Å². The first-order chi connectivity index (χ1) is 5.63. The van der Waals surface area contributed by atoms with E-state index in [2.05, 4.69) is 19.9 Å². The predicted molar refractivity (Wildman–Crippen MR) is 54.7 cm³/mol. The van der Waals surface area contributed by atoms with E-state index in [1.807, 2.05) is 13.0 Å². The Labute approximate surface area is 77.4 Å². The molecule has 0 unspecified atom stereocenters. The van der Waals surface area contributed by atoms with Gasteiger partial charge < -0.3 is 5.11 Å². The molecule has 0 radical (unpaired) electrons. The molecular weight excluding hydrogens is 168 g/mol. The van der Waals surface area contributed by atoms with Crippen molar-refractivity contribution in [1.29, 1.82) is 0 Å².